The third kappa shape index (κ3) is 3.08. The van der Waals surface area contributed by atoms with E-state index in [4.69, 9.17) is 5.73 Å². The molecule has 0 saturated heterocycles. The molecule has 1 aromatic carbocycles. The van der Waals surface area contributed by atoms with Gasteiger partial charge in [0.15, 0.2) is 0 Å². The second-order valence-electron chi connectivity index (χ2n) is 5.99. The summed E-state index contributed by atoms with van der Waals surface area (Å²) in [7, 11) is 0. The molecule has 0 spiro atoms. The molecule has 1 amide bonds. The smallest absolute Gasteiger partial charge is 0.223 e. The van der Waals surface area contributed by atoms with Gasteiger partial charge in [-0.1, -0.05) is 18.6 Å². The SMILES string of the molecule is CC(NC(=O)C1CCCC(N)C1)c1nc2ccccc2[nH]1. The number of para-hydroxylation sites is 2. The highest BCUT2D eigenvalue weighted by Crippen LogP contribution is 2.24. The topological polar surface area (TPSA) is 83.8 Å². The molecule has 3 atom stereocenters. The van der Waals surface area contributed by atoms with Crippen molar-refractivity contribution in [1.82, 2.24) is 15.3 Å². The molecule has 0 aliphatic heterocycles. The molecule has 1 aliphatic rings. The number of benzene rings is 1. The van der Waals surface area contributed by atoms with Crippen LogP contribution < -0.4 is 11.1 Å². The number of nitrogens with zero attached hydrogens (tertiary/aromatic N) is 1. The fourth-order valence-electron chi connectivity index (χ4n) is 3.04. The Kier molecular flexibility index (Phi) is 3.92. The van der Waals surface area contributed by atoms with Gasteiger partial charge in [-0.25, -0.2) is 4.98 Å². The molecule has 3 unspecified atom stereocenters. The number of fused-ring (bicyclic) bond motifs is 1. The number of carbonyl (C=O) groups excluding carboxylic acids is 1. The van der Waals surface area contributed by atoms with E-state index in [9.17, 15) is 4.79 Å². The highest BCUT2D eigenvalue weighted by atomic mass is 16.1. The number of rotatable bonds is 3. The first-order valence-electron chi connectivity index (χ1n) is 7.64. The molecular weight excluding hydrogens is 264 g/mol. The number of aromatic amines is 1. The summed E-state index contributed by atoms with van der Waals surface area (Å²) in [6.45, 7) is 1.96. The molecule has 0 radical (unpaired) electrons. The summed E-state index contributed by atoms with van der Waals surface area (Å²) in [6.07, 6.45) is 3.80. The number of hydrogen-bond acceptors (Lipinski definition) is 3. The second kappa shape index (κ2) is 5.85. The van der Waals surface area contributed by atoms with Gasteiger partial charge in [0.25, 0.3) is 0 Å². The van der Waals surface area contributed by atoms with Crippen LogP contribution in [-0.4, -0.2) is 21.9 Å². The van der Waals surface area contributed by atoms with Gasteiger partial charge in [-0.15, -0.1) is 0 Å². The monoisotopic (exact) mass is 286 g/mol. The van der Waals surface area contributed by atoms with E-state index >= 15 is 0 Å². The Labute approximate surface area is 124 Å². The van der Waals surface area contributed by atoms with Gasteiger partial charge < -0.3 is 16.0 Å². The van der Waals surface area contributed by atoms with Crippen molar-refractivity contribution in [2.45, 2.75) is 44.7 Å². The summed E-state index contributed by atoms with van der Waals surface area (Å²) in [5.74, 6) is 0.934. The predicted molar refractivity (Wildman–Crippen MR) is 82.6 cm³/mol. The number of aromatic nitrogens is 2. The van der Waals surface area contributed by atoms with Gasteiger partial charge in [-0.05, 0) is 38.3 Å². The number of carbonyl (C=O) groups is 1. The van der Waals surface area contributed by atoms with Gasteiger partial charge in [0.05, 0.1) is 17.1 Å². The van der Waals surface area contributed by atoms with Crippen LogP contribution in [0.5, 0.6) is 0 Å². The maximum Gasteiger partial charge on any atom is 0.223 e. The van der Waals surface area contributed by atoms with Gasteiger partial charge in [0.1, 0.15) is 5.82 Å². The van der Waals surface area contributed by atoms with Gasteiger partial charge in [-0.3, -0.25) is 4.79 Å². The Bertz CT molecular complexity index is 603. The van der Waals surface area contributed by atoms with Gasteiger partial charge >= 0.3 is 0 Å². The van der Waals surface area contributed by atoms with Crippen LogP contribution in [0.2, 0.25) is 0 Å². The van der Waals surface area contributed by atoms with E-state index in [2.05, 4.69) is 15.3 Å². The van der Waals surface area contributed by atoms with E-state index in [0.29, 0.717) is 0 Å². The Balaban J connectivity index is 1.67. The van der Waals surface area contributed by atoms with Gasteiger partial charge in [0.2, 0.25) is 5.91 Å². The van der Waals surface area contributed by atoms with Crippen LogP contribution in [0.25, 0.3) is 11.0 Å². The number of nitrogens with one attached hydrogen (secondary N) is 2. The zero-order chi connectivity index (χ0) is 14.8. The Morgan fingerprint density at radius 2 is 2.24 bits per heavy atom. The number of amides is 1. The Morgan fingerprint density at radius 1 is 1.43 bits per heavy atom. The van der Waals surface area contributed by atoms with Crippen LogP contribution in [-0.2, 0) is 4.79 Å². The molecular formula is C16H22N4O. The molecule has 0 bridgehead atoms. The zero-order valence-electron chi connectivity index (χ0n) is 12.3. The lowest BCUT2D eigenvalue weighted by atomic mass is 9.85. The van der Waals surface area contributed by atoms with Crippen molar-refractivity contribution in [3.63, 3.8) is 0 Å². The normalized spacial score (nSPS) is 23.9. The number of hydrogen-bond donors (Lipinski definition) is 3. The first kappa shape index (κ1) is 14.1. The number of H-pyrrole nitrogens is 1. The second-order valence-corrected chi connectivity index (χ2v) is 5.99. The van der Waals surface area contributed by atoms with Crippen molar-refractivity contribution in [1.29, 1.82) is 0 Å². The van der Waals surface area contributed by atoms with E-state index in [-0.39, 0.29) is 23.9 Å². The maximum atomic E-state index is 12.3. The molecule has 4 N–H and O–H groups in total. The third-order valence-electron chi connectivity index (χ3n) is 4.26. The lowest BCUT2D eigenvalue weighted by Gasteiger charge is -2.26. The molecule has 1 aromatic heterocycles. The highest BCUT2D eigenvalue weighted by Gasteiger charge is 2.26. The zero-order valence-corrected chi connectivity index (χ0v) is 12.3. The molecule has 5 nitrogen and oxygen atoms in total. The Morgan fingerprint density at radius 3 is 3.00 bits per heavy atom. The largest absolute Gasteiger partial charge is 0.346 e. The summed E-state index contributed by atoms with van der Waals surface area (Å²) in [4.78, 5) is 20.1. The van der Waals surface area contributed by atoms with Crippen LogP contribution >= 0.6 is 0 Å². The molecule has 2 aromatic rings. The summed E-state index contributed by atoms with van der Waals surface area (Å²) in [5, 5.41) is 3.06. The van der Waals surface area contributed by atoms with Gasteiger partial charge in [0, 0.05) is 12.0 Å². The van der Waals surface area contributed by atoms with Crippen molar-refractivity contribution in [3.8, 4) is 0 Å². The van der Waals surface area contributed by atoms with Crippen molar-refractivity contribution in [2.75, 3.05) is 0 Å². The first-order chi connectivity index (χ1) is 10.1. The van der Waals surface area contributed by atoms with Gasteiger partial charge in [-0.2, -0.15) is 0 Å². The molecule has 5 heteroatoms. The molecule has 1 heterocycles. The van der Waals surface area contributed by atoms with Crippen molar-refractivity contribution >= 4 is 16.9 Å². The average Bonchev–Trinajstić information content (AvgIpc) is 2.91. The summed E-state index contributed by atoms with van der Waals surface area (Å²) < 4.78 is 0. The molecule has 1 aliphatic carbocycles. The van der Waals surface area contributed by atoms with Crippen LogP contribution in [0, 0.1) is 5.92 Å². The maximum absolute atomic E-state index is 12.3. The van der Waals surface area contributed by atoms with Crippen LogP contribution in [0.1, 0.15) is 44.5 Å². The Hall–Kier alpha value is -1.88. The fourth-order valence-corrected chi connectivity index (χ4v) is 3.04. The predicted octanol–water partition coefficient (Wildman–Crippen LogP) is 2.26. The fraction of sp³-hybridized carbons (Fsp3) is 0.500. The van der Waals surface area contributed by atoms with Crippen molar-refractivity contribution in [2.24, 2.45) is 11.7 Å². The first-order valence-corrected chi connectivity index (χ1v) is 7.64. The van der Waals surface area contributed by atoms with E-state index in [1.54, 1.807) is 0 Å². The van der Waals surface area contributed by atoms with E-state index < -0.39 is 0 Å². The third-order valence-corrected chi connectivity index (χ3v) is 4.26. The van der Waals surface area contributed by atoms with Crippen molar-refractivity contribution < 1.29 is 4.79 Å². The van der Waals surface area contributed by atoms with Crippen molar-refractivity contribution in [3.05, 3.63) is 30.1 Å². The van der Waals surface area contributed by atoms with E-state index in [1.165, 1.54) is 0 Å². The molecule has 1 saturated carbocycles. The highest BCUT2D eigenvalue weighted by molar-refractivity contribution is 5.79. The van der Waals surface area contributed by atoms with E-state index in [0.717, 1.165) is 42.5 Å². The molecule has 1 fully saturated rings. The minimum atomic E-state index is -0.122. The molecule has 112 valence electrons. The lowest BCUT2D eigenvalue weighted by molar-refractivity contribution is -0.126. The van der Waals surface area contributed by atoms with E-state index in [1.807, 2.05) is 31.2 Å². The van der Waals surface area contributed by atoms with Crippen LogP contribution in [0.15, 0.2) is 24.3 Å². The minimum absolute atomic E-state index is 0.0422. The number of nitrogens with two attached hydrogens (primary N) is 1. The number of imidazole rings is 1. The minimum Gasteiger partial charge on any atom is -0.346 e. The summed E-state index contributed by atoms with van der Waals surface area (Å²) >= 11 is 0. The molecule has 21 heavy (non-hydrogen) atoms. The van der Waals surface area contributed by atoms with Crippen LogP contribution in [0.3, 0.4) is 0 Å². The summed E-state index contributed by atoms with van der Waals surface area (Å²) in [5.41, 5.74) is 7.88. The lowest BCUT2D eigenvalue weighted by Crippen LogP contribution is -2.38. The average molecular weight is 286 g/mol. The molecule has 3 rings (SSSR count). The standard InChI is InChI=1S/C16H22N4O/c1-10(15-19-13-7-2-3-8-14(13)20-15)18-16(21)11-5-4-6-12(17)9-11/h2-3,7-8,10-12H,4-6,9,17H2,1H3,(H,18,21)(H,19,20). The van der Waals surface area contributed by atoms with Crippen LogP contribution in [0.4, 0.5) is 0 Å². The summed E-state index contributed by atoms with van der Waals surface area (Å²) in [6, 6.07) is 7.92. The quantitative estimate of drug-likeness (QED) is 0.809.